The number of rotatable bonds is 2. The first-order chi connectivity index (χ1) is 10.1. The topological polar surface area (TPSA) is 69.6 Å². The van der Waals surface area contributed by atoms with Crippen molar-refractivity contribution in [2.45, 2.75) is 31.8 Å². The molecule has 2 N–H and O–H groups in total. The van der Waals surface area contributed by atoms with Crippen molar-refractivity contribution in [1.29, 1.82) is 0 Å². The Morgan fingerprint density at radius 3 is 2.90 bits per heavy atom. The summed E-state index contributed by atoms with van der Waals surface area (Å²) in [6, 6.07) is 5.48. The molecule has 1 aliphatic carbocycles. The summed E-state index contributed by atoms with van der Waals surface area (Å²) in [4.78, 5) is 26.0. The molecule has 0 spiro atoms. The highest BCUT2D eigenvalue weighted by Gasteiger charge is 2.31. The van der Waals surface area contributed by atoms with Gasteiger partial charge in [-0.25, -0.2) is 0 Å². The van der Waals surface area contributed by atoms with Gasteiger partial charge < -0.3 is 15.3 Å². The molecule has 1 aromatic carbocycles. The fraction of sp³-hybridized carbons (Fsp3) is 0.500. The standard InChI is InChI=1S/C16H20N2O3/c1-18-8-7-10-5-6-11(9-13(10)16(18)21)17-15(20)12-3-2-4-14(12)19/h5-6,9,12,14,19H,2-4,7-8H2,1H3,(H,17,20). The Hall–Kier alpha value is -1.88. The predicted octanol–water partition coefficient (Wildman–Crippen LogP) is 1.41. The Labute approximate surface area is 123 Å². The highest BCUT2D eigenvalue weighted by atomic mass is 16.3. The van der Waals surface area contributed by atoms with Gasteiger partial charge >= 0.3 is 0 Å². The average molecular weight is 288 g/mol. The van der Waals surface area contributed by atoms with Crippen LogP contribution in [0.25, 0.3) is 0 Å². The Kier molecular flexibility index (Phi) is 3.68. The minimum absolute atomic E-state index is 0.00625. The van der Waals surface area contributed by atoms with Crippen molar-refractivity contribution in [3.8, 4) is 0 Å². The summed E-state index contributed by atoms with van der Waals surface area (Å²) in [5.41, 5.74) is 2.31. The van der Waals surface area contributed by atoms with Crippen molar-refractivity contribution in [2.24, 2.45) is 5.92 Å². The highest BCUT2D eigenvalue weighted by Crippen LogP contribution is 2.28. The van der Waals surface area contributed by atoms with Gasteiger partial charge in [-0.3, -0.25) is 9.59 Å². The van der Waals surface area contributed by atoms with E-state index >= 15 is 0 Å². The van der Waals surface area contributed by atoms with Crippen molar-refractivity contribution >= 4 is 17.5 Å². The second-order valence-electron chi connectivity index (χ2n) is 5.94. The summed E-state index contributed by atoms with van der Waals surface area (Å²) < 4.78 is 0. The summed E-state index contributed by atoms with van der Waals surface area (Å²) >= 11 is 0. The Bertz CT molecular complexity index is 585. The van der Waals surface area contributed by atoms with E-state index in [1.54, 1.807) is 18.0 Å². The highest BCUT2D eigenvalue weighted by molar-refractivity contribution is 5.99. The van der Waals surface area contributed by atoms with E-state index in [9.17, 15) is 14.7 Å². The molecule has 21 heavy (non-hydrogen) atoms. The van der Waals surface area contributed by atoms with E-state index in [2.05, 4.69) is 5.32 Å². The number of aliphatic hydroxyl groups excluding tert-OH is 1. The van der Waals surface area contributed by atoms with E-state index in [0.717, 1.165) is 31.4 Å². The zero-order valence-corrected chi connectivity index (χ0v) is 12.1. The van der Waals surface area contributed by atoms with Crippen molar-refractivity contribution in [1.82, 2.24) is 4.90 Å². The van der Waals surface area contributed by atoms with Gasteiger partial charge in [0.05, 0.1) is 12.0 Å². The van der Waals surface area contributed by atoms with Gasteiger partial charge in [-0.15, -0.1) is 0 Å². The minimum Gasteiger partial charge on any atom is -0.392 e. The zero-order chi connectivity index (χ0) is 15.0. The van der Waals surface area contributed by atoms with Gasteiger partial charge in [-0.1, -0.05) is 6.07 Å². The van der Waals surface area contributed by atoms with Gasteiger partial charge in [-0.2, -0.15) is 0 Å². The maximum Gasteiger partial charge on any atom is 0.253 e. The molecule has 2 aliphatic rings. The number of fused-ring (bicyclic) bond motifs is 1. The van der Waals surface area contributed by atoms with E-state index in [1.165, 1.54) is 0 Å². The molecule has 5 nitrogen and oxygen atoms in total. The number of benzene rings is 1. The molecule has 0 bridgehead atoms. The number of aliphatic hydroxyl groups is 1. The van der Waals surface area contributed by atoms with E-state index in [0.29, 0.717) is 17.7 Å². The number of hydrogen-bond acceptors (Lipinski definition) is 3. The summed E-state index contributed by atoms with van der Waals surface area (Å²) in [5.74, 6) is -0.496. The molecule has 112 valence electrons. The molecule has 2 atom stereocenters. The monoisotopic (exact) mass is 288 g/mol. The van der Waals surface area contributed by atoms with Gasteiger partial charge in [0.15, 0.2) is 0 Å². The van der Waals surface area contributed by atoms with E-state index in [4.69, 9.17) is 0 Å². The first kappa shape index (κ1) is 14.1. The number of amides is 2. The van der Waals surface area contributed by atoms with Crippen LogP contribution in [0.15, 0.2) is 18.2 Å². The molecule has 0 aromatic heterocycles. The Morgan fingerprint density at radius 1 is 1.38 bits per heavy atom. The molecule has 1 aromatic rings. The quantitative estimate of drug-likeness (QED) is 0.864. The smallest absolute Gasteiger partial charge is 0.253 e. The van der Waals surface area contributed by atoms with Crippen LogP contribution in [0.1, 0.15) is 35.2 Å². The number of carbonyl (C=O) groups excluding carboxylic acids is 2. The fourth-order valence-corrected chi connectivity index (χ4v) is 3.15. The van der Waals surface area contributed by atoms with Crippen LogP contribution in [0.5, 0.6) is 0 Å². The van der Waals surface area contributed by atoms with E-state index in [1.807, 2.05) is 12.1 Å². The van der Waals surface area contributed by atoms with Crippen molar-refractivity contribution in [3.63, 3.8) is 0 Å². The molecule has 1 heterocycles. The SMILES string of the molecule is CN1CCc2ccc(NC(=O)C3CCCC3O)cc2C1=O. The number of anilines is 1. The second kappa shape index (κ2) is 5.48. The van der Waals surface area contributed by atoms with E-state index < -0.39 is 6.10 Å². The normalized spacial score (nSPS) is 24.9. The van der Waals surface area contributed by atoms with Crippen LogP contribution in [0.3, 0.4) is 0 Å². The van der Waals surface area contributed by atoms with Crippen LogP contribution in [0.4, 0.5) is 5.69 Å². The number of carbonyl (C=O) groups is 2. The van der Waals surface area contributed by atoms with Crippen LogP contribution in [-0.4, -0.2) is 41.5 Å². The third kappa shape index (κ3) is 2.65. The van der Waals surface area contributed by atoms with Gasteiger partial charge in [0.2, 0.25) is 5.91 Å². The fourth-order valence-electron chi connectivity index (χ4n) is 3.15. The molecule has 2 unspecified atom stereocenters. The van der Waals surface area contributed by atoms with Crippen LogP contribution in [-0.2, 0) is 11.2 Å². The van der Waals surface area contributed by atoms with Crippen molar-refractivity contribution in [3.05, 3.63) is 29.3 Å². The number of nitrogens with one attached hydrogen (secondary N) is 1. The minimum atomic E-state index is -0.546. The Balaban J connectivity index is 1.78. The first-order valence-electron chi connectivity index (χ1n) is 7.43. The molecular weight excluding hydrogens is 268 g/mol. The lowest BCUT2D eigenvalue weighted by Gasteiger charge is -2.25. The average Bonchev–Trinajstić information content (AvgIpc) is 2.90. The largest absolute Gasteiger partial charge is 0.392 e. The summed E-state index contributed by atoms with van der Waals surface area (Å²) in [6.45, 7) is 0.728. The van der Waals surface area contributed by atoms with Crippen molar-refractivity contribution < 1.29 is 14.7 Å². The van der Waals surface area contributed by atoms with Crippen LogP contribution < -0.4 is 5.32 Å². The zero-order valence-electron chi connectivity index (χ0n) is 12.1. The van der Waals surface area contributed by atoms with Crippen molar-refractivity contribution in [2.75, 3.05) is 18.9 Å². The molecule has 2 amide bonds. The lowest BCUT2D eigenvalue weighted by molar-refractivity contribution is -0.122. The summed E-state index contributed by atoms with van der Waals surface area (Å²) in [6.07, 6.45) is 2.58. The molecule has 0 saturated heterocycles. The van der Waals surface area contributed by atoms with Gasteiger partial charge in [-0.05, 0) is 43.4 Å². The maximum atomic E-state index is 12.2. The van der Waals surface area contributed by atoms with Gasteiger partial charge in [0.25, 0.3) is 5.91 Å². The molecule has 3 rings (SSSR count). The van der Waals surface area contributed by atoms with E-state index in [-0.39, 0.29) is 17.7 Å². The molecule has 5 heteroatoms. The predicted molar refractivity (Wildman–Crippen MR) is 79.1 cm³/mol. The lowest BCUT2D eigenvalue weighted by Crippen LogP contribution is -2.34. The Morgan fingerprint density at radius 2 is 2.19 bits per heavy atom. The number of nitrogens with zero attached hydrogens (tertiary/aromatic N) is 1. The maximum absolute atomic E-state index is 12.2. The number of hydrogen-bond donors (Lipinski definition) is 2. The molecule has 1 aliphatic heterocycles. The number of likely N-dealkylation sites (N-methyl/N-ethyl adjacent to an activating group) is 1. The molecule has 0 radical (unpaired) electrons. The first-order valence-corrected chi connectivity index (χ1v) is 7.43. The molecule has 1 fully saturated rings. The second-order valence-corrected chi connectivity index (χ2v) is 5.94. The molecule has 1 saturated carbocycles. The molecular formula is C16H20N2O3. The third-order valence-corrected chi connectivity index (χ3v) is 4.49. The van der Waals surface area contributed by atoms with Crippen LogP contribution >= 0.6 is 0 Å². The third-order valence-electron chi connectivity index (χ3n) is 4.49. The van der Waals surface area contributed by atoms with Gasteiger partial charge in [0, 0.05) is 24.8 Å². The van der Waals surface area contributed by atoms with Gasteiger partial charge in [0.1, 0.15) is 0 Å². The summed E-state index contributed by atoms with van der Waals surface area (Å²) in [5, 5.41) is 12.6. The summed E-state index contributed by atoms with van der Waals surface area (Å²) in [7, 11) is 1.78. The van der Waals surface area contributed by atoms with Crippen LogP contribution in [0, 0.1) is 5.92 Å². The lowest BCUT2D eigenvalue weighted by atomic mass is 9.98. The van der Waals surface area contributed by atoms with Crippen LogP contribution in [0.2, 0.25) is 0 Å².